The van der Waals surface area contributed by atoms with Crippen molar-refractivity contribution >= 4 is 34.9 Å². The van der Waals surface area contributed by atoms with Gasteiger partial charge < -0.3 is 63.5 Å². The molecule has 56 heavy (non-hydrogen) atoms. The molecule has 4 aliphatic heterocycles. The van der Waals surface area contributed by atoms with E-state index >= 15 is 0 Å². The number of aliphatic hydroxyl groups excluding tert-OH is 1. The van der Waals surface area contributed by atoms with Gasteiger partial charge in [0.25, 0.3) is 11.8 Å². The van der Waals surface area contributed by atoms with Crippen molar-refractivity contribution in [2.45, 2.75) is 111 Å². The van der Waals surface area contributed by atoms with Crippen molar-refractivity contribution in [2.75, 3.05) is 70.2 Å². The van der Waals surface area contributed by atoms with Gasteiger partial charge in [-0.2, -0.15) is 13.8 Å². The summed E-state index contributed by atoms with van der Waals surface area (Å²) in [5, 5.41) is 8.29. The van der Waals surface area contributed by atoms with Gasteiger partial charge in [-0.3, -0.25) is 28.5 Å². The molecule has 2 fully saturated rings. The summed E-state index contributed by atoms with van der Waals surface area (Å²) in [5.74, 6) is -0.0932. The first-order valence-electron chi connectivity index (χ1n) is 19.7. The molecule has 6 rings (SSSR count). The summed E-state index contributed by atoms with van der Waals surface area (Å²) in [6.45, 7) is 14.5. The first-order chi connectivity index (χ1) is 26.3. The van der Waals surface area contributed by atoms with Gasteiger partial charge in [0.2, 0.25) is 10.9 Å². The number of hydrogen-bond acceptors (Lipinski definition) is 11. The Labute approximate surface area is 354 Å². The number of carbonyl (C=O) groups excluding carboxylic acids is 2. The molecule has 2 amide bonds. The zero-order valence-corrected chi connectivity index (χ0v) is 36.2. The molecule has 0 saturated carbocycles. The molecule has 0 spiro atoms. The molecule has 4 aliphatic rings. The van der Waals surface area contributed by atoms with Crippen LogP contribution in [0.3, 0.4) is 0 Å². The number of aliphatic hydroxyl groups is 1. The molecule has 0 aliphatic carbocycles. The van der Waals surface area contributed by atoms with Crippen LogP contribution in [0.4, 0.5) is 0 Å². The van der Waals surface area contributed by atoms with Crippen molar-refractivity contribution in [1.29, 1.82) is 0 Å². The Bertz CT molecular complexity index is 1560. The Morgan fingerprint density at radius 2 is 1.11 bits per heavy atom. The number of unbranched alkanes of at least 4 members (excludes halogenated alkanes) is 7. The van der Waals surface area contributed by atoms with Crippen LogP contribution in [0.5, 0.6) is 11.5 Å². The van der Waals surface area contributed by atoms with E-state index in [-0.39, 0.29) is 93.4 Å². The van der Waals surface area contributed by atoms with E-state index in [4.69, 9.17) is 24.1 Å². The number of pyridine rings is 2. The van der Waals surface area contributed by atoms with Crippen LogP contribution in [-0.2, 0) is 9.47 Å². The second kappa shape index (κ2) is 28.4. The fourth-order valence-corrected chi connectivity index (χ4v) is 5.99. The molecule has 0 bridgehead atoms. The zero-order valence-electron chi connectivity index (χ0n) is 34.1. The second-order valence-corrected chi connectivity index (χ2v) is 13.4. The molecular formula is C39H63ClMgN6O9. The van der Waals surface area contributed by atoms with Crippen LogP contribution >= 0.6 is 0 Å². The summed E-state index contributed by atoms with van der Waals surface area (Å²) in [7, 11) is 0. The first-order valence-corrected chi connectivity index (χ1v) is 19.7. The molecule has 6 heterocycles. The standard InChI is InChI=1S/C16H23N3O4.C14H19N3O4.C6H14O.C3H7.ClH.Mg/c1-2-3-4-5-9-23-15-12(20)6-7-19-14(15)16(21)18-8-10-22-11-13(18)17-19;1-2-3-7-21-13-10(18)4-5-17-12(13)14(19)16-6-8-20-9-11(16)15-17;1-2-3-4-5-6-7;1-3-2;;/h6-7,13,17H,2-5,8-11H2,1H3;4-5,11,15H,2-3,6-9H2,1H3;7H,2-6H2,1H3;3H,1-2H3;1H;/q;;;-1;;+2/p-1/t13-;11-;;;;/m00..../s1. The van der Waals surface area contributed by atoms with Crippen LogP contribution in [-0.4, -0.2) is 131 Å². The molecule has 15 nitrogen and oxygen atoms in total. The monoisotopic (exact) mass is 818 g/mol. The van der Waals surface area contributed by atoms with E-state index < -0.39 is 0 Å². The van der Waals surface area contributed by atoms with Crippen LogP contribution in [0, 0.1) is 6.42 Å². The third kappa shape index (κ3) is 14.7. The van der Waals surface area contributed by atoms with Gasteiger partial charge in [0.1, 0.15) is 12.3 Å². The maximum Gasteiger partial charge on any atom is 2.00 e. The van der Waals surface area contributed by atoms with E-state index in [0.29, 0.717) is 59.3 Å². The molecule has 0 unspecified atom stereocenters. The van der Waals surface area contributed by atoms with Crippen molar-refractivity contribution in [1.82, 2.24) is 19.2 Å². The fraction of sp³-hybridized carbons (Fsp3) is 0.667. The van der Waals surface area contributed by atoms with E-state index in [0.717, 1.165) is 44.9 Å². The van der Waals surface area contributed by atoms with Crippen molar-refractivity contribution in [3.05, 3.63) is 62.8 Å². The molecule has 312 valence electrons. The zero-order chi connectivity index (χ0) is 39.3. The van der Waals surface area contributed by atoms with Gasteiger partial charge in [-0.1, -0.05) is 65.7 Å². The van der Waals surface area contributed by atoms with Crippen LogP contribution in [0.1, 0.15) is 120 Å². The summed E-state index contributed by atoms with van der Waals surface area (Å²) in [6.07, 6.45) is 15.4. The molecule has 2 atom stereocenters. The van der Waals surface area contributed by atoms with Crippen molar-refractivity contribution in [3.63, 3.8) is 0 Å². The predicted molar refractivity (Wildman–Crippen MR) is 214 cm³/mol. The Morgan fingerprint density at radius 1 is 0.696 bits per heavy atom. The number of amides is 2. The normalized spacial score (nSPS) is 17.3. The van der Waals surface area contributed by atoms with E-state index in [1.165, 1.54) is 31.4 Å². The average molecular weight is 820 g/mol. The van der Waals surface area contributed by atoms with Gasteiger partial charge in [0, 0.05) is 44.2 Å². The molecule has 3 N–H and O–H groups in total. The summed E-state index contributed by atoms with van der Waals surface area (Å²) in [5.41, 5.74) is 6.39. The number of halogens is 1. The van der Waals surface area contributed by atoms with Crippen molar-refractivity contribution < 1.29 is 46.1 Å². The second-order valence-electron chi connectivity index (χ2n) is 13.4. The number of hydrogen-bond donors (Lipinski definition) is 3. The van der Waals surface area contributed by atoms with Gasteiger partial charge in [0.15, 0.2) is 22.9 Å². The molecule has 0 radical (unpaired) electrons. The molecule has 2 aromatic rings. The van der Waals surface area contributed by atoms with Crippen molar-refractivity contribution in [2.24, 2.45) is 0 Å². The van der Waals surface area contributed by atoms with Crippen LogP contribution in [0.15, 0.2) is 34.1 Å². The fourth-order valence-electron chi connectivity index (χ4n) is 5.99. The summed E-state index contributed by atoms with van der Waals surface area (Å²) in [6, 6.07) is 2.83. The maximum atomic E-state index is 12.7. The van der Waals surface area contributed by atoms with E-state index in [2.05, 4.69) is 24.7 Å². The van der Waals surface area contributed by atoms with Gasteiger partial charge in [0.05, 0.1) is 39.6 Å². The smallest absolute Gasteiger partial charge is 1.00 e. The van der Waals surface area contributed by atoms with E-state index in [1.807, 2.05) is 27.2 Å². The number of morpholine rings is 2. The van der Waals surface area contributed by atoms with Gasteiger partial charge in [-0.15, -0.1) is 0 Å². The number of aromatic nitrogens is 2. The summed E-state index contributed by atoms with van der Waals surface area (Å²) < 4.78 is 25.2. The van der Waals surface area contributed by atoms with Gasteiger partial charge >= 0.3 is 23.1 Å². The number of ether oxygens (including phenoxy) is 4. The van der Waals surface area contributed by atoms with Crippen LogP contribution in [0.25, 0.3) is 0 Å². The Kier molecular flexibility index (Phi) is 25.9. The molecular weight excluding hydrogens is 756 g/mol. The third-order valence-electron chi connectivity index (χ3n) is 8.87. The van der Waals surface area contributed by atoms with Gasteiger partial charge in [-0.25, -0.2) is 0 Å². The van der Waals surface area contributed by atoms with Crippen LogP contribution < -0.4 is 43.6 Å². The summed E-state index contributed by atoms with van der Waals surface area (Å²) in [4.78, 5) is 53.0. The molecule has 17 heteroatoms. The number of carbonyl (C=O) groups is 2. The molecule has 2 aromatic heterocycles. The Balaban J connectivity index is 0.000000441. The number of rotatable bonds is 14. The minimum Gasteiger partial charge on any atom is -1.00 e. The number of nitrogens with zero attached hydrogens (tertiary/aromatic N) is 4. The Hall–Kier alpha value is -3.02. The van der Waals surface area contributed by atoms with Crippen LogP contribution in [0.2, 0.25) is 0 Å². The van der Waals surface area contributed by atoms with E-state index in [1.54, 1.807) is 31.5 Å². The van der Waals surface area contributed by atoms with E-state index in [9.17, 15) is 19.2 Å². The number of fused-ring (bicyclic) bond motifs is 4. The SMILES string of the molecule is CCCCCCO.CCCCCCOc1c2n(ccc1=O)N[C@@H]1COCCN1C2=O.CCCCOc1c2n(ccc1=O)N[C@@H]1COCCN1C2=O.C[CH-]C.[Cl-].[Mg+2]. The quantitative estimate of drug-likeness (QED) is 0.141. The molecule has 0 aromatic carbocycles. The first kappa shape index (κ1) is 51.0. The predicted octanol–water partition coefficient (Wildman–Crippen LogP) is 0.958. The topological polar surface area (TPSA) is 166 Å². The summed E-state index contributed by atoms with van der Waals surface area (Å²) >= 11 is 0. The number of nitrogens with one attached hydrogen (secondary N) is 2. The minimum atomic E-state index is -0.265. The maximum absolute atomic E-state index is 12.7. The molecule has 2 saturated heterocycles. The van der Waals surface area contributed by atoms with Crippen molar-refractivity contribution in [3.8, 4) is 11.5 Å². The minimum absolute atomic E-state index is 0. The Morgan fingerprint density at radius 3 is 1.52 bits per heavy atom. The third-order valence-corrected chi connectivity index (χ3v) is 8.87. The average Bonchev–Trinajstić information content (AvgIpc) is 3.18. The largest absolute Gasteiger partial charge is 2.00 e. The van der Waals surface area contributed by atoms with Gasteiger partial charge in [-0.05, 0) is 19.3 Å².